The topological polar surface area (TPSA) is 86.6 Å². The normalized spacial score (nSPS) is 12.1. The first-order valence-corrected chi connectivity index (χ1v) is 8.70. The number of fused-ring (bicyclic) bond motifs is 1. The summed E-state index contributed by atoms with van der Waals surface area (Å²) in [6.45, 7) is 5.76. The summed E-state index contributed by atoms with van der Waals surface area (Å²) in [4.78, 5) is 33.5. The minimum atomic E-state index is -1.08. The number of thiophene rings is 1. The third kappa shape index (κ3) is 3.24. The van der Waals surface area contributed by atoms with E-state index in [1.807, 2.05) is 51.1 Å². The van der Waals surface area contributed by atoms with E-state index in [0.717, 1.165) is 21.6 Å². The molecule has 0 bridgehead atoms. The number of aromatic nitrogens is 2. The number of H-pyrrole nitrogens is 1. The molecule has 0 aliphatic rings. The van der Waals surface area contributed by atoms with Gasteiger partial charge in [0.25, 0.3) is 5.56 Å². The molecule has 5 nitrogen and oxygen atoms in total. The zero-order chi connectivity index (χ0) is 18.1. The average Bonchev–Trinajstić information content (AvgIpc) is 2.85. The van der Waals surface area contributed by atoms with Crippen LogP contribution in [0.3, 0.4) is 0 Å². The Kier molecular flexibility index (Phi) is 4.51. The number of aromatic amines is 1. The minimum absolute atomic E-state index is 0.123. The van der Waals surface area contributed by atoms with E-state index < -0.39 is 5.92 Å². The lowest BCUT2D eigenvalue weighted by Gasteiger charge is -2.08. The van der Waals surface area contributed by atoms with E-state index in [1.165, 1.54) is 11.3 Å². The van der Waals surface area contributed by atoms with Crippen LogP contribution in [0.1, 0.15) is 33.3 Å². The smallest absolute Gasteiger partial charge is 0.259 e. The van der Waals surface area contributed by atoms with Crippen LogP contribution in [-0.2, 0) is 11.2 Å². The highest BCUT2D eigenvalue weighted by Crippen LogP contribution is 2.27. The maximum absolute atomic E-state index is 12.6. The lowest BCUT2D eigenvalue weighted by atomic mass is 9.97. The number of Topliss-reactive ketones (excluding diaryl/α,β-unsaturated/α-hetero) is 1. The van der Waals surface area contributed by atoms with Crippen molar-refractivity contribution in [1.29, 1.82) is 5.26 Å². The number of aryl methyl sites for hydroxylation is 3. The zero-order valence-electron chi connectivity index (χ0n) is 14.2. The molecule has 1 atom stereocenters. The third-order valence-electron chi connectivity index (χ3n) is 4.28. The van der Waals surface area contributed by atoms with Crippen molar-refractivity contribution in [2.75, 3.05) is 0 Å². The number of nitrogens with one attached hydrogen (secondary N) is 1. The predicted molar refractivity (Wildman–Crippen MR) is 98.0 cm³/mol. The van der Waals surface area contributed by atoms with Crippen LogP contribution in [0.25, 0.3) is 10.2 Å². The molecule has 0 aliphatic heterocycles. The Morgan fingerprint density at radius 3 is 2.60 bits per heavy atom. The molecule has 0 saturated carbocycles. The van der Waals surface area contributed by atoms with Crippen LogP contribution in [0.15, 0.2) is 29.1 Å². The zero-order valence-corrected chi connectivity index (χ0v) is 15.0. The Balaban J connectivity index is 1.96. The molecule has 0 saturated heterocycles. The molecular weight excluding hydrogens is 334 g/mol. The molecule has 2 heterocycles. The summed E-state index contributed by atoms with van der Waals surface area (Å²) < 4.78 is 0. The van der Waals surface area contributed by atoms with Gasteiger partial charge in [-0.3, -0.25) is 9.59 Å². The van der Waals surface area contributed by atoms with Gasteiger partial charge in [0.1, 0.15) is 10.7 Å². The van der Waals surface area contributed by atoms with Crippen molar-refractivity contribution in [3.8, 4) is 6.07 Å². The molecule has 0 amide bonds. The van der Waals surface area contributed by atoms with Crippen LogP contribution in [0.5, 0.6) is 0 Å². The van der Waals surface area contributed by atoms with Crippen molar-refractivity contribution >= 4 is 27.3 Å². The molecule has 0 radical (unpaired) electrons. The number of carbonyl (C=O) groups is 1. The molecule has 2 aromatic heterocycles. The largest absolute Gasteiger partial charge is 0.308 e. The summed E-state index contributed by atoms with van der Waals surface area (Å²) in [6.07, 6.45) is 0.128. The molecule has 3 rings (SSSR count). The number of nitrogens with zero attached hydrogens (tertiary/aromatic N) is 2. The van der Waals surface area contributed by atoms with Crippen molar-refractivity contribution < 1.29 is 4.79 Å². The Labute approximate surface area is 149 Å². The number of rotatable bonds is 4. The van der Waals surface area contributed by atoms with Crippen LogP contribution in [0.2, 0.25) is 0 Å². The van der Waals surface area contributed by atoms with Crippen LogP contribution < -0.4 is 5.56 Å². The number of benzene rings is 1. The summed E-state index contributed by atoms with van der Waals surface area (Å²) in [5, 5.41) is 10.0. The second-order valence-electron chi connectivity index (χ2n) is 6.11. The first-order chi connectivity index (χ1) is 11.9. The molecular formula is C19H17N3O2S. The second-order valence-corrected chi connectivity index (χ2v) is 7.31. The maximum atomic E-state index is 12.6. The lowest BCUT2D eigenvalue weighted by Crippen LogP contribution is -2.20. The summed E-state index contributed by atoms with van der Waals surface area (Å²) in [7, 11) is 0. The van der Waals surface area contributed by atoms with Gasteiger partial charge in [0, 0.05) is 11.3 Å². The van der Waals surface area contributed by atoms with Gasteiger partial charge in [0.2, 0.25) is 0 Å². The quantitative estimate of drug-likeness (QED) is 0.781. The molecule has 0 unspecified atom stereocenters. The first kappa shape index (κ1) is 17.1. The highest BCUT2D eigenvalue weighted by Gasteiger charge is 2.24. The highest BCUT2D eigenvalue weighted by molar-refractivity contribution is 7.18. The van der Waals surface area contributed by atoms with Gasteiger partial charge in [-0.1, -0.05) is 29.8 Å². The van der Waals surface area contributed by atoms with Crippen LogP contribution in [0.4, 0.5) is 0 Å². The first-order valence-electron chi connectivity index (χ1n) is 7.88. The maximum Gasteiger partial charge on any atom is 0.259 e. The molecule has 25 heavy (non-hydrogen) atoms. The predicted octanol–water partition coefficient (Wildman–Crippen LogP) is 3.33. The number of hydrogen-bond acceptors (Lipinski definition) is 5. The van der Waals surface area contributed by atoms with E-state index in [0.29, 0.717) is 10.2 Å². The molecule has 6 heteroatoms. The van der Waals surface area contributed by atoms with Crippen molar-refractivity contribution in [3.05, 3.63) is 62.0 Å². The Hall–Kier alpha value is -2.78. The van der Waals surface area contributed by atoms with Gasteiger partial charge in [-0.05, 0) is 31.9 Å². The van der Waals surface area contributed by atoms with Crippen LogP contribution in [0, 0.1) is 32.1 Å². The van der Waals surface area contributed by atoms with E-state index in [-0.39, 0.29) is 23.6 Å². The standard InChI is InChI=1S/C19H17N3O2S/c1-10-4-6-13(7-5-10)8-15(23)14(9-20)17-21-18(24)16-11(2)12(3)25-19(16)22-17/h4-7,14H,8H2,1-3H3,(H,21,22,24)/t14-/m0/s1. The molecule has 0 aliphatic carbocycles. The highest BCUT2D eigenvalue weighted by atomic mass is 32.1. The summed E-state index contributed by atoms with van der Waals surface area (Å²) in [5.41, 5.74) is 2.53. The van der Waals surface area contributed by atoms with Crippen molar-refractivity contribution in [1.82, 2.24) is 9.97 Å². The van der Waals surface area contributed by atoms with E-state index in [9.17, 15) is 14.9 Å². The molecule has 0 fully saturated rings. The van der Waals surface area contributed by atoms with E-state index in [1.54, 1.807) is 0 Å². The van der Waals surface area contributed by atoms with Crippen LogP contribution in [-0.4, -0.2) is 15.8 Å². The number of carbonyl (C=O) groups excluding carboxylic acids is 1. The van der Waals surface area contributed by atoms with Crippen molar-refractivity contribution in [2.45, 2.75) is 33.1 Å². The Morgan fingerprint density at radius 1 is 1.28 bits per heavy atom. The van der Waals surface area contributed by atoms with Gasteiger partial charge in [-0.25, -0.2) is 4.98 Å². The summed E-state index contributed by atoms with van der Waals surface area (Å²) in [6, 6.07) is 9.57. The number of ketones is 1. The average molecular weight is 351 g/mol. The van der Waals surface area contributed by atoms with Crippen molar-refractivity contribution in [2.24, 2.45) is 0 Å². The fourth-order valence-electron chi connectivity index (χ4n) is 2.70. The number of nitriles is 1. The van der Waals surface area contributed by atoms with Gasteiger partial charge in [0.05, 0.1) is 11.5 Å². The molecule has 1 N–H and O–H groups in total. The van der Waals surface area contributed by atoms with E-state index in [2.05, 4.69) is 9.97 Å². The fourth-order valence-corrected chi connectivity index (χ4v) is 3.74. The van der Waals surface area contributed by atoms with Crippen molar-refractivity contribution in [3.63, 3.8) is 0 Å². The van der Waals surface area contributed by atoms with Gasteiger partial charge in [-0.2, -0.15) is 5.26 Å². The monoisotopic (exact) mass is 351 g/mol. The molecule has 3 aromatic rings. The third-order valence-corrected chi connectivity index (χ3v) is 5.38. The van der Waals surface area contributed by atoms with Gasteiger partial charge in [0.15, 0.2) is 11.7 Å². The van der Waals surface area contributed by atoms with Gasteiger partial charge >= 0.3 is 0 Å². The van der Waals surface area contributed by atoms with E-state index in [4.69, 9.17) is 0 Å². The Bertz CT molecular complexity index is 1060. The van der Waals surface area contributed by atoms with E-state index >= 15 is 0 Å². The molecule has 0 spiro atoms. The minimum Gasteiger partial charge on any atom is -0.308 e. The number of hydrogen-bond donors (Lipinski definition) is 1. The lowest BCUT2D eigenvalue weighted by molar-refractivity contribution is -0.118. The summed E-state index contributed by atoms with van der Waals surface area (Å²) >= 11 is 1.40. The Morgan fingerprint density at radius 2 is 1.96 bits per heavy atom. The SMILES string of the molecule is Cc1ccc(CC(=O)[C@H](C#N)c2nc3sc(C)c(C)c3c(=O)[nH]2)cc1. The summed E-state index contributed by atoms with van der Waals surface area (Å²) in [5.74, 6) is -1.24. The van der Waals surface area contributed by atoms with Gasteiger partial charge in [-0.15, -0.1) is 11.3 Å². The van der Waals surface area contributed by atoms with Crippen LogP contribution >= 0.6 is 11.3 Å². The molecule has 1 aromatic carbocycles. The fraction of sp³-hybridized carbons (Fsp3) is 0.263. The molecule has 126 valence electrons. The van der Waals surface area contributed by atoms with Gasteiger partial charge < -0.3 is 4.98 Å². The second kappa shape index (κ2) is 6.61.